The zero-order valence-corrected chi connectivity index (χ0v) is 18.7. The van der Waals surface area contributed by atoms with Crippen molar-refractivity contribution in [2.45, 2.75) is 39.2 Å². The molecule has 160 valence electrons. The summed E-state index contributed by atoms with van der Waals surface area (Å²) < 4.78 is 5.75. The van der Waals surface area contributed by atoms with E-state index >= 15 is 0 Å². The molecule has 2 amide bonds. The summed E-state index contributed by atoms with van der Waals surface area (Å²) >= 11 is 0. The third-order valence-electron chi connectivity index (χ3n) is 5.21. The number of rotatable bonds is 5. The summed E-state index contributed by atoms with van der Waals surface area (Å²) in [4.78, 5) is 29.2. The second-order valence-electron chi connectivity index (χ2n) is 9.02. The molecule has 1 unspecified atom stereocenters. The van der Waals surface area contributed by atoms with E-state index < -0.39 is 6.10 Å². The largest absolute Gasteiger partial charge is 0.479 e. The molecular weight excluding hydrogens is 378 g/mol. The van der Waals surface area contributed by atoms with Gasteiger partial charge in [0.15, 0.2) is 6.10 Å². The van der Waals surface area contributed by atoms with Gasteiger partial charge in [-0.15, -0.1) is 0 Å². The Bertz CT molecular complexity index is 930. The molecule has 0 radical (unpaired) electrons. The lowest BCUT2D eigenvalue weighted by Crippen LogP contribution is -2.46. The summed E-state index contributed by atoms with van der Waals surface area (Å²) in [5.74, 6) is 0.380. The molecule has 0 aliphatic carbocycles. The van der Waals surface area contributed by atoms with Crippen molar-refractivity contribution < 1.29 is 14.3 Å². The fraction of sp³-hybridized carbons (Fsp3) is 0.417. The number of nitrogens with zero attached hydrogens (tertiary/aromatic N) is 2. The number of hydrogen-bond donors (Lipinski definition) is 1. The third-order valence-corrected chi connectivity index (χ3v) is 5.21. The zero-order chi connectivity index (χ0) is 22.1. The molecule has 1 aliphatic heterocycles. The Balaban J connectivity index is 1.81. The van der Waals surface area contributed by atoms with Gasteiger partial charge in [0.05, 0.1) is 5.69 Å². The highest BCUT2D eigenvalue weighted by Crippen LogP contribution is 2.36. The monoisotopic (exact) mass is 409 g/mol. The number of fused-ring (bicyclic) bond motifs is 1. The fourth-order valence-corrected chi connectivity index (χ4v) is 3.34. The Morgan fingerprint density at radius 3 is 2.40 bits per heavy atom. The lowest BCUT2D eigenvalue weighted by molar-refractivity contribution is -0.125. The molecule has 1 N–H and O–H groups in total. The number of likely N-dealkylation sites (N-methyl/N-ethyl adjacent to an activating group) is 1. The molecule has 6 heteroatoms. The van der Waals surface area contributed by atoms with Crippen LogP contribution in [-0.2, 0) is 10.2 Å². The van der Waals surface area contributed by atoms with E-state index in [2.05, 4.69) is 26.1 Å². The van der Waals surface area contributed by atoms with Gasteiger partial charge in [-0.2, -0.15) is 0 Å². The summed E-state index contributed by atoms with van der Waals surface area (Å²) in [7, 11) is 3.94. The van der Waals surface area contributed by atoms with Gasteiger partial charge in [-0.05, 0) is 62.3 Å². The minimum Gasteiger partial charge on any atom is -0.479 e. The summed E-state index contributed by atoms with van der Waals surface area (Å²) in [6.45, 7) is 9.46. The van der Waals surface area contributed by atoms with E-state index in [0.29, 0.717) is 29.2 Å². The van der Waals surface area contributed by atoms with Crippen molar-refractivity contribution in [2.75, 3.05) is 37.4 Å². The minimum absolute atomic E-state index is 0.0349. The molecule has 0 saturated carbocycles. The van der Waals surface area contributed by atoms with Crippen molar-refractivity contribution in [3.05, 3.63) is 53.6 Å². The van der Waals surface area contributed by atoms with Crippen LogP contribution in [0.25, 0.3) is 0 Å². The smallest absolute Gasteiger partial charge is 0.267 e. The predicted molar refractivity (Wildman–Crippen MR) is 121 cm³/mol. The molecule has 0 spiro atoms. The van der Waals surface area contributed by atoms with Crippen LogP contribution in [0, 0.1) is 0 Å². The SMILES string of the molecule is CC1Oc2ccc(NC(=O)c3ccc(C(C)(C)C)cc3)cc2N(CCN(C)C)C1=O. The molecule has 30 heavy (non-hydrogen) atoms. The van der Waals surface area contributed by atoms with Crippen LogP contribution in [0.1, 0.15) is 43.6 Å². The molecule has 0 bridgehead atoms. The first-order valence-corrected chi connectivity index (χ1v) is 10.2. The van der Waals surface area contributed by atoms with Gasteiger partial charge in [-0.1, -0.05) is 32.9 Å². The maximum absolute atomic E-state index is 12.7. The van der Waals surface area contributed by atoms with Gasteiger partial charge in [-0.3, -0.25) is 9.59 Å². The van der Waals surface area contributed by atoms with E-state index in [4.69, 9.17) is 4.74 Å². The van der Waals surface area contributed by atoms with E-state index in [-0.39, 0.29) is 17.2 Å². The Morgan fingerprint density at radius 2 is 1.80 bits per heavy atom. The maximum atomic E-state index is 12.7. The van der Waals surface area contributed by atoms with Gasteiger partial charge in [0.1, 0.15) is 5.75 Å². The topological polar surface area (TPSA) is 61.9 Å². The maximum Gasteiger partial charge on any atom is 0.267 e. The van der Waals surface area contributed by atoms with Crippen molar-refractivity contribution in [3.8, 4) is 5.75 Å². The Hall–Kier alpha value is -2.86. The average Bonchev–Trinajstić information content (AvgIpc) is 2.68. The minimum atomic E-state index is -0.526. The summed E-state index contributed by atoms with van der Waals surface area (Å²) in [6.07, 6.45) is -0.526. The third kappa shape index (κ3) is 4.82. The second kappa shape index (κ2) is 8.48. The van der Waals surface area contributed by atoms with Crippen molar-refractivity contribution >= 4 is 23.2 Å². The highest BCUT2D eigenvalue weighted by Gasteiger charge is 2.31. The van der Waals surface area contributed by atoms with Crippen LogP contribution in [0.15, 0.2) is 42.5 Å². The van der Waals surface area contributed by atoms with Crippen LogP contribution in [0.4, 0.5) is 11.4 Å². The van der Waals surface area contributed by atoms with Crippen LogP contribution < -0.4 is 15.0 Å². The lowest BCUT2D eigenvalue weighted by Gasteiger charge is -2.34. The predicted octanol–water partition coefficient (Wildman–Crippen LogP) is 3.91. The summed E-state index contributed by atoms with van der Waals surface area (Å²) in [5.41, 5.74) is 3.10. The molecule has 0 saturated heterocycles. The van der Waals surface area contributed by atoms with Crippen LogP contribution in [0.5, 0.6) is 5.75 Å². The van der Waals surface area contributed by atoms with Crippen LogP contribution in [0.3, 0.4) is 0 Å². The number of benzene rings is 2. The molecule has 6 nitrogen and oxygen atoms in total. The van der Waals surface area contributed by atoms with Gasteiger partial charge in [0, 0.05) is 24.3 Å². The number of nitrogens with one attached hydrogen (secondary N) is 1. The quantitative estimate of drug-likeness (QED) is 0.813. The Morgan fingerprint density at radius 1 is 1.13 bits per heavy atom. The second-order valence-corrected chi connectivity index (χ2v) is 9.02. The first-order chi connectivity index (χ1) is 14.1. The normalized spacial score (nSPS) is 16.3. The van der Waals surface area contributed by atoms with E-state index in [0.717, 1.165) is 6.54 Å². The van der Waals surface area contributed by atoms with Gasteiger partial charge in [-0.25, -0.2) is 0 Å². The number of hydrogen-bond acceptors (Lipinski definition) is 4. The highest BCUT2D eigenvalue weighted by atomic mass is 16.5. The van der Waals surface area contributed by atoms with Crippen LogP contribution in [-0.4, -0.2) is 50.0 Å². The van der Waals surface area contributed by atoms with Gasteiger partial charge in [0.25, 0.3) is 11.8 Å². The number of amides is 2. The van der Waals surface area contributed by atoms with Crippen LogP contribution >= 0.6 is 0 Å². The zero-order valence-electron chi connectivity index (χ0n) is 18.7. The fourth-order valence-electron chi connectivity index (χ4n) is 3.34. The molecule has 0 aromatic heterocycles. The van der Waals surface area contributed by atoms with E-state index in [1.165, 1.54) is 5.56 Å². The molecule has 2 aromatic carbocycles. The number of carbonyl (C=O) groups is 2. The van der Waals surface area contributed by atoms with Gasteiger partial charge < -0.3 is 19.9 Å². The molecule has 1 atom stereocenters. The lowest BCUT2D eigenvalue weighted by atomic mass is 9.87. The first kappa shape index (κ1) is 21.8. The Labute approximate surface area is 178 Å². The van der Waals surface area contributed by atoms with Gasteiger partial charge in [0.2, 0.25) is 0 Å². The highest BCUT2D eigenvalue weighted by molar-refractivity contribution is 6.05. The number of ether oxygens (including phenoxy) is 1. The van der Waals surface area contributed by atoms with E-state index in [1.54, 1.807) is 30.0 Å². The molecule has 3 rings (SSSR count). The van der Waals surface area contributed by atoms with Gasteiger partial charge >= 0.3 is 0 Å². The summed E-state index contributed by atoms with van der Waals surface area (Å²) in [5, 5.41) is 2.94. The summed E-state index contributed by atoms with van der Waals surface area (Å²) in [6, 6.07) is 13.1. The molecule has 0 fully saturated rings. The Kier molecular flexibility index (Phi) is 6.17. The van der Waals surface area contributed by atoms with Crippen molar-refractivity contribution in [2.24, 2.45) is 0 Å². The first-order valence-electron chi connectivity index (χ1n) is 10.2. The van der Waals surface area contributed by atoms with Crippen molar-refractivity contribution in [1.29, 1.82) is 0 Å². The van der Waals surface area contributed by atoms with Crippen molar-refractivity contribution in [3.63, 3.8) is 0 Å². The number of carbonyl (C=O) groups excluding carboxylic acids is 2. The molecule has 1 aliphatic rings. The standard InChI is InChI=1S/C24H31N3O3/c1-16-23(29)27(14-13-26(5)6)20-15-19(11-12-21(20)30-16)25-22(28)17-7-9-18(10-8-17)24(2,3)4/h7-12,15-16H,13-14H2,1-6H3,(H,25,28). The van der Waals surface area contributed by atoms with E-state index in [1.807, 2.05) is 43.3 Å². The van der Waals surface area contributed by atoms with E-state index in [9.17, 15) is 9.59 Å². The average molecular weight is 410 g/mol. The number of anilines is 2. The van der Waals surface area contributed by atoms with Crippen LogP contribution in [0.2, 0.25) is 0 Å². The molecular formula is C24H31N3O3. The molecule has 1 heterocycles. The molecule has 2 aromatic rings. The van der Waals surface area contributed by atoms with Crippen molar-refractivity contribution in [1.82, 2.24) is 4.90 Å².